The lowest BCUT2D eigenvalue weighted by Crippen LogP contribution is -2.22. The topological polar surface area (TPSA) is 44.8 Å². The summed E-state index contributed by atoms with van der Waals surface area (Å²) in [6.45, 7) is 4.95. The van der Waals surface area contributed by atoms with Crippen LogP contribution in [-0.2, 0) is 13.1 Å². The summed E-state index contributed by atoms with van der Waals surface area (Å²) in [6, 6.07) is 12.5. The Morgan fingerprint density at radius 3 is 2.88 bits per heavy atom. The number of pyridine rings is 1. The molecule has 0 unspecified atom stereocenters. The molecule has 3 aromatic heterocycles. The lowest BCUT2D eigenvalue weighted by molar-refractivity contribution is 0.269. The minimum atomic E-state index is 0.854. The van der Waals surface area contributed by atoms with Crippen molar-refractivity contribution in [2.75, 3.05) is 6.54 Å². The third-order valence-corrected chi connectivity index (χ3v) is 5.30. The van der Waals surface area contributed by atoms with Crippen LogP contribution in [0.3, 0.4) is 0 Å². The molecule has 0 fully saturated rings. The van der Waals surface area contributed by atoms with Gasteiger partial charge in [0.25, 0.3) is 0 Å². The van der Waals surface area contributed by atoms with Gasteiger partial charge in [-0.05, 0) is 30.3 Å². The molecule has 0 radical (unpaired) electrons. The highest BCUT2D eigenvalue weighted by Gasteiger charge is 2.11. The Morgan fingerprint density at radius 2 is 2.04 bits per heavy atom. The van der Waals surface area contributed by atoms with Crippen molar-refractivity contribution in [1.29, 1.82) is 0 Å². The van der Waals surface area contributed by atoms with Crippen LogP contribution in [0.1, 0.15) is 18.2 Å². The number of aromatic nitrogens is 3. The molecule has 0 bridgehead atoms. The number of fused-ring (bicyclic) bond motifs is 1. The van der Waals surface area contributed by atoms with E-state index in [2.05, 4.69) is 63.7 Å². The van der Waals surface area contributed by atoms with Crippen LogP contribution < -0.4 is 0 Å². The number of hydrogen-bond acceptors (Lipinski definition) is 4. The van der Waals surface area contributed by atoms with E-state index in [4.69, 9.17) is 4.98 Å². The molecular weight excluding hydrogens is 328 g/mol. The molecule has 5 heteroatoms. The van der Waals surface area contributed by atoms with Gasteiger partial charge in [0, 0.05) is 53.5 Å². The van der Waals surface area contributed by atoms with Crippen molar-refractivity contribution in [3.05, 3.63) is 71.6 Å². The molecule has 4 nitrogen and oxygen atoms in total. The first-order chi connectivity index (χ1) is 12.3. The summed E-state index contributed by atoms with van der Waals surface area (Å²) in [5, 5.41) is 4.49. The van der Waals surface area contributed by atoms with Crippen LogP contribution in [0.4, 0.5) is 0 Å². The fourth-order valence-electron chi connectivity index (χ4n) is 3.01. The zero-order valence-electron chi connectivity index (χ0n) is 14.1. The molecule has 1 aromatic carbocycles. The van der Waals surface area contributed by atoms with E-state index in [1.54, 1.807) is 17.5 Å². The molecule has 0 saturated heterocycles. The zero-order chi connectivity index (χ0) is 17.1. The van der Waals surface area contributed by atoms with Gasteiger partial charge < -0.3 is 4.98 Å². The summed E-state index contributed by atoms with van der Waals surface area (Å²) in [4.78, 5) is 14.7. The van der Waals surface area contributed by atoms with E-state index in [1.165, 1.54) is 16.5 Å². The molecule has 25 heavy (non-hydrogen) atoms. The van der Waals surface area contributed by atoms with Crippen LogP contribution in [0.25, 0.3) is 21.5 Å². The Morgan fingerprint density at radius 1 is 1.12 bits per heavy atom. The molecule has 4 rings (SSSR count). The van der Waals surface area contributed by atoms with E-state index in [-0.39, 0.29) is 0 Å². The van der Waals surface area contributed by atoms with E-state index in [9.17, 15) is 0 Å². The maximum absolute atomic E-state index is 4.79. The Bertz CT molecular complexity index is 958. The van der Waals surface area contributed by atoms with Gasteiger partial charge in [-0.15, -0.1) is 11.3 Å². The van der Waals surface area contributed by atoms with E-state index >= 15 is 0 Å². The first-order valence-corrected chi connectivity index (χ1v) is 9.33. The normalized spacial score (nSPS) is 11.4. The summed E-state index contributed by atoms with van der Waals surface area (Å²) in [7, 11) is 0. The van der Waals surface area contributed by atoms with E-state index in [1.807, 2.05) is 12.3 Å². The maximum atomic E-state index is 4.79. The number of nitrogens with one attached hydrogen (secondary N) is 1. The Labute approximate surface area is 151 Å². The average Bonchev–Trinajstić information content (AvgIpc) is 3.29. The molecule has 0 saturated carbocycles. The summed E-state index contributed by atoms with van der Waals surface area (Å²) in [5.41, 5.74) is 4.73. The van der Waals surface area contributed by atoms with Crippen LogP contribution in [0.15, 0.2) is 60.4 Å². The zero-order valence-corrected chi connectivity index (χ0v) is 15.0. The third kappa shape index (κ3) is 3.48. The molecule has 4 aromatic rings. The molecule has 0 aliphatic heterocycles. The summed E-state index contributed by atoms with van der Waals surface area (Å²) in [6.07, 6.45) is 5.78. The lowest BCUT2D eigenvalue weighted by Gasteiger charge is -2.18. The van der Waals surface area contributed by atoms with Crippen molar-refractivity contribution < 1.29 is 0 Å². The van der Waals surface area contributed by atoms with Gasteiger partial charge in [0.05, 0.1) is 5.69 Å². The first-order valence-electron chi connectivity index (χ1n) is 8.45. The molecule has 0 atom stereocenters. The van der Waals surface area contributed by atoms with Crippen molar-refractivity contribution in [2.24, 2.45) is 0 Å². The molecule has 1 N–H and O–H groups in total. The van der Waals surface area contributed by atoms with Gasteiger partial charge in [0.1, 0.15) is 5.01 Å². The largest absolute Gasteiger partial charge is 0.361 e. The van der Waals surface area contributed by atoms with Crippen LogP contribution in [-0.4, -0.2) is 26.4 Å². The quantitative estimate of drug-likeness (QED) is 0.549. The number of nitrogens with zero attached hydrogens (tertiary/aromatic N) is 3. The number of benzene rings is 1. The second-order valence-electron chi connectivity index (χ2n) is 6.05. The van der Waals surface area contributed by atoms with E-state index in [0.717, 1.165) is 35.9 Å². The van der Waals surface area contributed by atoms with Crippen molar-refractivity contribution in [3.8, 4) is 10.6 Å². The molecule has 126 valence electrons. The minimum Gasteiger partial charge on any atom is -0.361 e. The molecule has 0 spiro atoms. The van der Waals surface area contributed by atoms with E-state index < -0.39 is 0 Å². The summed E-state index contributed by atoms with van der Waals surface area (Å²) in [5.74, 6) is 0. The van der Waals surface area contributed by atoms with Crippen LogP contribution in [0.5, 0.6) is 0 Å². The third-order valence-electron chi connectivity index (χ3n) is 4.36. The van der Waals surface area contributed by atoms with Crippen molar-refractivity contribution in [3.63, 3.8) is 0 Å². The fraction of sp³-hybridized carbons (Fsp3) is 0.200. The predicted molar refractivity (Wildman–Crippen MR) is 103 cm³/mol. The number of aromatic amines is 1. The molecule has 3 heterocycles. The Balaban J connectivity index is 1.50. The van der Waals surface area contributed by atoms with Crippen LogP contribution in [0.2, 0.25) is 0 Å². The number of para-hydroxylation sites is 1. The van der Waals surface area contributed by atoms with Gasteiger partial charge in [-0.1, -0.05) is 25.1 Å². The predicted octanol–water partition coefficient (Wildman–Crippen LogP) is 4.71. The first kappa shape index (κ1) is 16.0. The maximum Gasteiger partial charge on any atom is 0.125 e. The Hall–Kier alpha value is -2.50. The number of thiazole rings is 1. The van der Waals surface area contributed by atoms with Gasteiger partial charge in [0.15, 0.2) is 0 Å². The molecular formula is C20H20N4S. The monoisotopic (exact) mass is 348 g/mol. The fourth-order valence-corrected chi connectivity index (χ4v) is 3.82. The van der Waals surface area contributed by atoms with E-state index in [0.29, 0.717) is 0 Å². The van der Waals surface area contributed by atoms with Crippen LogP contribution >= 0.6 is 11.3 Å². The highest BCUT2D eigenvalue weighted by Crippen LogP contribution is 2.24. The SMILES string of the molecule is CCN(Cc1csc(-c2cccnc2)n1)Cc1c[nH]c2ccccc12. The summed E-state index contributed by atoms with van der Waals surface area (Å²) >= 11 is 1.68. The second-order valence-corrected chi connectivity index (χ2v) is 6.91. The van der Waals surface area contributed by atoms with Gasteiger partial charge in [0.2, 0.25) is 0 Å². The lowest BCUT2D eigenvalue weighted by atomic mass is 10.1. The minimum absolute atomic E-state index is 0.854. The molecule has 0 amide bonds. The van der Waals surface area contributed by atoms with Gasteiger partial charge >= 0.3 is 0 Å². The smallest absolute Gasteiger partial charge is 0.125 e. The van der Waals surface area contributed by atoms with Gasteiger partial charge in [-0.2, -0.15) is 0 Å². The van der Waals surface area contributed by atoms with Crippen molar-refractivity contribution in [1.82, 2.24) is 19.9 Å². The van der Waals surface area contributed by atoms with Gasteiger partial charge in [-0.25, -0.2) is 4.98 Å². The molecule has 0 aliphatic carbocycles. The molecule has 0 aliphatic rings. The number of H-pyrrole nitrogens is 1. The summed E-state index contributed by atoms with van der Waals surface area (Å²) < 4.78 is 0. The number of rotatable bonds is 6. The van der Waals surface area contributed by atoms with Gasteiger partial charge in [-0.3, -0.25) is 9.88 Å². The second kappa shape index (κ2) is 7.17. The van der Waals surface area contributed by atoms with Crippen molar-refractivity contribution in [2.45, 2.75) is 20.0 Å². The Kier molecular flexibility index (Phi) is 4.59. The van der Waals surface area contributed by atoms with Crippen LogP contribution in [0, 0.1) is 0 Å². The number of hydrogen-bond donors (Lipinski definition) is 1. The average molecular weight is 348 g/mol. The highest BCUT2D eigenvalue weighted by molar-refractivity contribution is 7.13. The van der Waals surface area contributed by atoms with Crippen molar-refractivity contribution >= 4 is 22.2 Å². The highest BCUT2D eigenvalue weighted by atomic mass is 32.1. The standard InChI is InChI=1S/C20H20N4S/c1-2-24(12-16-11-22-19-8-4-3-7-18(16)19)13-17-14-25-20(23-17)15-6-5-9-21-10-15/h3-11,14,22H,2,12-13H2,1H3.